The maximum absolute atomic E-state index is 5.96. The first-order chi connectivity index (χ1) is 8.77. The lowest BCUT2D eigenvalue weighted by atomic mass is 10.0. The van der Waals surface area contributed by atoms with Crippen molar-refractivity contribution in [1.29, 1.82) is 0 Å². The molecule has 0 spiro atoms. The van der Waals surface area contributed by atoms with Crippen LogP contribution >= 0.6 is 0 Å². The molecule has 1 aromatic rings. The third-order valence-corrected chi connectivity index (χ3v) is 3.68. The van der Waals surface area contributed by atoms with Crippen LogP contribution in [0.4, 0.5) is 0 Å². The summed E-state index contributed by atoms with van der Waals surface area (Å²) >= 11 is 0. The molecule has 0 aliphatic carbocycles. The fourth-order valence-electron chi connectivity index (χ4n) is 2.57. The lowest BCUT2D eigenvalue weighted by molar-refractivity contribution is 0.265. The Bertz CT molecular complexity index is 356. The summed E-state index contributed by atoms with van der Waals surface area (Å²) in [7, 11) is 0. The van der Waals surface area contributed by atoms with Gasteiger partial charge in [0.25, 0.3) is 0 Å². The largest absolute Gasteiger partial charge is 0.493 e. The molecule has 1 N–H and O–H groups in total. The Kier molecular flexibility index (Phi) is 5.06. The molecule has 0 saturated carbocycles. The van der Waals surface area contributed by atoms with Crippen molar-refractivity contribution in [3.8, 4) is 5.75 Å². The van der Waals surface area contributed by atoms with Crippen LogP contribution in [0.2, 0.25) is 0 Å². The number of hydrogen-bond acceptors (Lipinski definition) is 2. The smallest absolute Gasteiger partial charge is 0.122 e. The molecule has 0 bridgehead atoms. The Balaban J connectivity index is 1.82. The molecule has 0 aromatic heterocycles. The van der Waals surface area contributed by atoms with Crippen LogP contribution < -0.4 is 10.1 Å². The highest BCUT2D eigenvalue weighted by Gasteiger charge is 2.13. The van der Waals surface area contributed by atoms with E-state index in [0.717, 1.165) is 18.8 Å². The van der Waals surface area contributed by atoms with Gasteiger partial charge in [-0.2, -0.15) is 0 Å². The lowest BCUT2D eigenvalue weighted by Crippen LogP contribution is -2.35. The van der Waals surface area contributed by atoms with E-state index in [1.54, 1.807) is 0 Å². The summed E-state index contributed by atoms with van der Waals surface area (Å²) in [5.41, 5.74) is 1.31. The minimum atomic E-state index is 0.522. The van der Waals surface area contributed by atoms with Gasteiger partial charge in [-0.05, 0) is 43.4 Å². The second-order valence-corrected chi connectivity index (χ2v) is 5.48. The van der Waals surface area contributed by atoms with Gasteiger partial charge in [-0.25, -0.2) is 0 Å². The molecule has 1 heterocycles. The van der Waals surface area contributed by atoms with Gasteiger partial charge >= 0.3 is 0 Å². The molecule has 1 atom stereocenters. The Labute approximate surface area is 111 Å². The maximum atomic E-state index is 5.96. The standard InChI is InChI=1S/C16H25NO/c1-13(2)15-8-3-4-9-16(15)18-12-10-14-7-5-6-11-17-14/h3-4,8-9,13-14,17H,5-7,10-12H2,1-2H3/t14-/m1/s1. The van der Waals surface area contributed by atoms with E-state index in [4.69, 9.17) is 4.74 Å². The summed E-state index contributed by atoms with van der Waals surface area (Å²) in [6.07, 6.45) is 5.11. The minimum absolute atomic E-state index is 0.522. The fraction of sp³-hybridized carbons (Fsp3) is 0.625. The highest BCUT2D eigenvalue weighted by Crippen LogP contribution is 2.26. The zero-order valence-electron chi connectivity index (χ0n) is 11.6. The summed E-state index contributed by atoms with van der Waals surface area (Å²) < 4.78 is 5.96. The van der Waals surface area contributed by atoms with E-state index in [0.29, 0.717) is 12.0 Å². The molecule has 1 fully saturated rings. The second-order valence-electron chi connectivity index (χ2n) is 5.48. The Morgan fingerprint density at radius 2 is 2.11 bits per heavy atom. The van der Waals surface area contributed by atoms with Gasteiger partial charge in [0.2, 0.25) is 0 Å². The molecule has 1 aromatic carbocycles. The average molecular weight is 247 g/mol. The third kappa shape index (κ3) is 3.74. The quantitative estimate of drug-likeness (QED) is 0.856. The zero-order chi connectivity index (χ0) is 12.8. The number of para-hydroxylation sites is 1. The number of hydrogen-bond donors (Lipinski definition) is 1. The molecule has 18 heavy (non-hydrogen) atoms. The monoisotopic (exact) mass is 247 g/mol. The van der Waals surface area contributed by atoms with E-state index in [2.05, 4.69) is 43.4 Å². The van der Waals surface area contributed by atoms with Crippen LogP contribution in [0.15, 0.2) is 24.3 Å². The lowest BCUT2D eigenvalue weighted by Gasteiger charge is -2.23. The van der Waals surface area contributed by atoms with Crippen molar-refractivity contribution in [2.75, 3.05) is 13.2 Å². The summed E-state index contributed by atoms with van der Waals surface area (Å²) in [6.45, 7) is 6.42. The first kappa shape index (κ1) is 13.4. The van der Waals surface area contributed by atoms with E-state index >= 15 is 0 Å². The number of benzene rings is 1. The van der Waals surface area contributed by atoms with Crippen molar-refractivity contribution >= 4 is 0 Å². The van der Waals surface area contributed by atoms with Crippen molar-refractivity contribution in [3.63, 3.8) is 0 Å². The van der Waals surface area contributed by atoms with Crippen molar-refractivity contribution in [1.82, 2.24) is 5.32 Å². The van der Waals surface area contributed by atoms with Crippen LogP contribution in [-0.2, 0) is 0 Å². The van der Waals surface area contributed by atoms with Crippen molar-refractivity contribution < 1.29 is 4.74 Å². The normalized spacial score (nSPS) is 20.1. The van der Waals surface area contributed by atoms with Crippen molar-refractivity contribution in [2.45, 2.75) is 51.5 Å². The molecule has 1 aliphatic heterocycles. The number of ether oxygens (including phenoxy) is 1. The van der Waals surface area contributed by atoms with Crippen molar-refractivity contribution in [3.05, 3.63) is 29.8 Å². The van der Waals surface area contributed by atoms with Crippen LogP contribution in [-0.4, -0.2) is 19.2 Å². The predicted octanol–water partition coefficient (Wildman–Crippen LogP) is 3.72. The van der Waals surface area contributed by atoms with Crippen LogP contribution in [0, 0.1) is 0 Å². The second kappa shape index (κ2) is 6.79. The fourth-order valence-corrected chi connectivity index (χ4v) is 2.57. The Morgan fingerprint density at radius 1 is 1.28 bits per heavy atom. The first-order valence-corrected chi connectivity index (χ1v) is 7.22. The van der Waals surface area contributed by atoms with Crippen LogP contribution in [0.25, 0.3) is 0 Å². The molecule has 0 unspecified atom stereocenters. The van der Waals surface area contributed by atoms with Gasteiger partial charge in [0, 0.05) is 6.04 Å². The van der Waals surface area contributed by atoms with Crippen LogP contribution in [0.5, 0.6) is 5.75 Å². The summed E-state index contributed by atoms with van der Waals surface area (Å²) in [6, 6.07) is 9.05. The molecular formula is C16H25NO. The molecule has 0 amide bonds. The van der Waals surface area contributed by atoms with Gasteiger partial charge < -0.3 is 10.1 Å². The molecule has 1 aliphatic rings. The van der Waals surface area contributed by atoms with Crippen LogP contribution in [0.3, 0.4) is 0 Å². The molecule has 0 radical (unpaired) electrons. The highest BCUT2D eigenvalue weighted by molar-refractivity contribution is 5.35. The number of piperidine rings is 1. The van der Waals surface area contributed by atoms with Gasteiger partial charge in [0.1, 0.15) is 5.75 Å². The van der Waals surface area contributed by atoms with Gasteiger partial charge in [-0.1, -0.05) is 38.5 Å². The summed E-state index contributed by atoms with van der Waals surface area (Å²) in [4.78, 5) is 0. The number of rotatable bonds is 5. The maximum Gasteiger partial charge on any atom is 0.122 e. The minimum Gasteiger partial charge on any atom is -0.493 e. The molecule has 2 nitrogen and oxygen atoms in total. The summed E-state index contributed by atoms with van der Waals surface area (Å²) in [5.74, 6) is 1.58. The highest BCUT2D eigenvalue weighted by atomic mass is 16.5. The zero-order valence-corrected chi connectivity index (χ0v) is 11.6. The van der Waals surface area contributed by atoms with Gasteiger partial charge in [0.05, 0.1) is 6.61 Å². The van der Waals surface area contributed by atoms with Crippen molar-refractivity contribution in [2.24, 2.45) is 0 Å². The van der Waals surface area contributed by atoms with E-state index in [-0.39, 0.29) is 0 Å². The topological polar surface area (TPSA) is 21.3 Å². The van der Waals surface area contributed by atoms with E-state index in [1.165, 1.54) is 31.4 Å². The average Bonchev–Trinajstić information content (AvgIpc) is 2.40. The summed E-state index contributed by atoms with van der Waals surface area (Å²) in [5, 5.41) is 3.56. The molecule has 2 heteroatoms. The Morgan fingerprint density at radius 3 is 2.83 bits per heavy atom. The SMILES string of the molecule is CC(C)c1ccccc1OCC[C@H]1CCCCN1. The molecule has 1 saturated heterocycles. The molecule has 2 rings (SSSR count). The molecular weight excluding hydrogens is 222 g/mol. The van der Waals surface area contributed by atoms with E-state index in [9.17, 15) is 0 Å². The van der Waals surface area contributed by atoms with Gasteiger partial charge in [-0.3, -0.25) is 0 Å². The Hall–Kier alpha value is -1.02. The third-order valence-electron chi connectivity index (χ3n) is 3.68. The van der Waals surface area contributed by atoms with Gasteiger partial charge in [0.15, 0.2) is 0 Å². The first-order valence-electron chi connectivity index (χ1n) is 7.22. The van der Waals surface area contributed by atoms with E-state index in [1.807, 2.05) is 0 Å². The number of nitrogens with one attached hydrogen (secondary N) is 1. The van der Waals surface area contributed by atoms with Gasteiger partial charge in [-0.15, -0.1) is 0 Å². The molecule has 100 valence electrons. The van der Waals surface area contributed by atoms with E-state index < -0.39 is 0 Å². The predicted molar refractivity (Wildman–Crippen MR) is 76.3 cm³/mol. The van der Waals surface area contributed by atoms with Crippen LogP contribution in [0.1, 0.15) is 51.0 Å².